The number of imidazole rings is 1. The number of nitrogens with zero attached hydrogens (tertiary/aromatic N) is 6. The minimum absolute atomic E-state index is 0.268. The van der Waals surface area contributed by atoms with Gasteiger partial charge in [-0.05, 0) is 19.1 Å². The highest BCUT2D eigenvalue weighted by Crippen LogP contribution is 2.35. The Morgan fingerprint density at radius 2 is 2.00 bits per heavy atom. The molecule has 25 heavy (non-hydrogen) atoms. The SMILES string of the molecule is CCn1c(-n2ncnc2N)nc2cncc(-c3ccc(Cl)cc3Cl)c21. The van der Waals surface area contributed by atoms with Crippen molar-refractivity contribution in [1.29, 1.82) is 0 Å². The molecule has 0 bridgehead atoms. The van der Waals surface area contributed by atoms with Gasteiger partial charge in [-0.3, -0.25) is 4.98 Å². The Hall–Kier alpha value is -2.64. The number of benzene rings is 1. The number of hydrogen-bond donors (Lipinski definition) is 1. The second kappa shape index (κ2) is 6.02. The molecule has 3 heterocycles. The minimum Gasteiger partial charge on any atom is -0.368 e. The van der Waals surface area contributed by atoms with Gasteiger partial charge in [-0.2, -0.15) is 14.8 Å². The highest BCUT2D eigenvalue weighted by atomic mass is 35.5. The van der Waals surface area contributed by atoms with Gasteiger partial charge in [0, 0.05) is 28.9 Å². The van der Waals surface area contributed by atoms with Gasteiger partial charge >= 0.3 is 0 Å². The summed E-state index contributed by atoms with van der Waals surface area (Å²) in [7, 11) is 0. The summed E-state index contributed by atoms with van der Waals surface area (Å²) in [4.78, 5) is 12.9. The van der Waals surface area contributed by atoms with Crippen molar-refractivity contribution >= 4 is 40.2 Å². The number of rotatable bonds is 3. The number of nitrogen functional groups attached to an aromatic ring is 1. The van der Waals surface area contributed by atoms with Gasteiger partial charge in [0.2, 0.25) is 11.9 Å². The first-order chi connectivity index (χ1) is 12.1. The predicted octanol–water partition coefficient (Wildman–Crippen LogP) is 3.59. The standard InChI is InChI=1S/C16H13Cl2N7/c1-2-24-14-11(10-4-3-9(17)5-12(10)18)6-20-7-13(14)23-16(24)25-15(19)21-8-22-25/h3-8H,2H2,1H3,(H2,19,21,22). The number of fused-ring (bicyclic) bond motifs is 1. The summed E-state index contributed by atoms with van der Waals surface area (Å²) in [5.41, 5.74) is 9.20. The van der Waals surface area contributed by atoms with Crippen LogP contribution >= 0.6 is 23.2 Å². The van der Waals surface area contributed by atoms with E-state index in [2.05, 4.69) is 20.1 Å². The van der Waals surface area contributed by atoms with Crippen LogP contribution in [0, 0.1) is 0 Å². The van der Waals surface area contributed by atoms with Crippen LogP contribution in [0.15, 0.2) is 36.9 Å². The molecule has 0 amide bonds. The molecule has 0 saturated carbocycles. The monoisotopic (exact) mass is 373 g/mol. The molecule has 126 valence electrons. The van der Waals surface area contributed by atoms with Crippen LogP contribution < -0.4 is 5.73 Å². The lowest BCUT2D eigenvalue weighted by atomic mass is 10.1. The Balaban J connectivity index is 2.04. The van der Waals surface area contributed by atoms with E-state index in [1.54, 1.807) is 24.5 Å². The Bertz CT molecular complexity index is 1080. The molecule has 0 atom stereocenters. The molecule has 0 unspecified atom stereocenters. The van der Waals surface area contributed by atoms with E-state index in [1.165, 1.54) is 11.0 Å². The van der Waals surface area contributed by atoms with E-state index < -0.39 is 0 Å². The van der Waals surface area contributed by atoms with Crippen LogP contribution in [0.2, 0.25) is 10.0 Å². The number of aryl methyl sites for hydroxylation is 1. The van der Waals surface area contributed by atoms with Crippen LogP contribution in [0.5, 0.6) is 0 Å². The van der Waals surface area contributed by atoms with Gasteiger partial charge in [-0.15, -0.1) is 0 Å². The van der Waals surface area contributed by atoms with Crippen molar-refractivity contribution in [2.24, 2.45) is 0 Å². The van der Waals surface area contributed by atoms with Gasteiger partial charge in [0.25, 0.3) is 0 Å². The fraction of sp³-hybridized carbons (Fsp3) is 0.125. The van der Waals surface area contributed by atoms with Crippen LogP contribution in [0.3, 0.4) is 0 Å². The summed E-state index contributed by atoms with van der Waals surface area (Å²) in [5, 5.41) is 5.28. The maximum absolute atomic E-state index is 6.40. The molecule has 0 fully saturated rings. The van der Waals surface area contributed by atoms with Crippen LogP contribution in [-0.4, -0.2) is 29.3 Å². The van der Waals surface area contributed by atoms with Gasteiger partial charge in [0.15, 0.2) is 0 Å². The summed E-state index contributed by atoms with van der Waals surface area (Å²) in [5.74, 6) is 0.843. The number of nitrogens with two attached hydrogens (primary N) is 1. The summed E-state index contributed by atoms with van der Waals surface area (Å²) in [6.45, 7) is 2.68. The number of hydrogen-bond acceptors (Lipinski definition) is 5. The quantitative estimate of drug-likeness (QED) is 0.592. The van der Waals surface area contributed by atoms with Gasteiger partial charge < -0.3 is 10.3 Å². The summed E-state index contributed by atoms with van der Waals surface area (Å²) in [6, 6.07) is 5.38. The highest BCUT2D eigenvalue weighted by molar-refractivity contribution is 6.36. The molecule has 0 radical (unpaired) electrons. The van der Waals surface area contributed by atoms with E-state index in [1.807, 2.05) is 17.6 Å². The van der Waals surface area contributed by atoms with Crippen molar-refractivity contribution in [3.63, 3.8) is 0 Å². The Labute approximate surface area is 153 Å². The Morgan fingerprint density at radius 3 is 2.68 bits per heavy atom. The average molecular weight is 374 g/mol. The number of pyridine rings is 1. The van der Waals surface area contributed by atoms with Gasteiger partial charge in [-0.25, -0.2) is 4.98 Å². The molecule has 4 rings (SSSR count). The lowest BCUT2D eigenvalue weighted by molar-refractivity contribution is 0.706. The molecule has 7 nitrogen and oxygen atoms in total. The second-order valence-corrected chi connectivity index (χ2v) is 6.21. The summed E-state index contributed by atoms with van der Waals surface area (Å²) >= 11 is 12.4. The van der Waals surface area contributed by atoms with Crippen molar-refractivity contribution in [3.8, 4) is 17.1 Å². The smallest absolute Gasteiger partial charge is 0.235 e. The third-order valence-corrected chi connectivity index (χ3v) is 4.48. The Morgan fingerprint density at radius 1 is 1.16 bits per heavy atom. The molecule has 2 N–H and O–H groups in total. The fourth-order valence-electron chi connectivity index (χ4n) is 2.85. The molecule has 9 heteroatoms. The molecular formula is C16H13Cl2N7. The first kappa shape index (κ1) is 15.9. The van der Waals surface area contributed by atoms with Gasteiger partial charge in [0.05, 0.1) is 16.7 Å². The second-order valence-electron chi connectivity index (χ2n) is 5.37. The molecule has 4 aromatic rings. The van der Waals surface area contributed by atoms with Crippen molar-refractivity contribution < 1.29 is 0 Å². The zero-order chi connectivity index (χ0) is 17.6. The summed E-state index contributed by atoms with van der Waals surface area (Å²) < 4.78 is 3.50. The van der Waals surface area contributed by atoms with E-state index in [0.717, 1.165) is 22.2 Å². The zero-order valence-corrected chi connectivity index (χ0v) is 14.7. The first-order valence-electron chi connectivity index (χ1n) is 7.55. The van der Waals surface area contributed by atoms with E-state index in [0.29, 0.717) is 22.5 Å². The predicted molar refractivity (Wildman–Crippen MR) is 98.0 cm³/mol. The lowest BCUT2D eigenvalue weighted by Crippen LogP contribution is -2.10. The Kier molecular flexibility index (Phi) is 3.82. The average Bonchev–Trinajstić information content (AvgIpc) is 3.17. The van der Waals surface area contributed by atoms with Crippen molar-refractivity contribution in [2.75, 3.05) is 5.73 Å². The number of anilines is 1. The molecule has 0 aliphatic carbocycles. The van der Waals surface area contributed by atoms with Crippen LogP contribution in [-0.2, 0) is 6.54 Å². The highest BCUT2D eigenvalue weighted by Gasteiger charge is 2.19. The number of aromatic nitrogens is 6. The van der Waals surface area contributed by atoms with Crippen molar-refractivity contribution in [2.45, 2.75) is 13.5 Å². The van der Waals surface area contributed by atoms with E-state index in [9.17, 15) is 0 Å². The van der Waals surface area contributed by atoms with E-state index in [4.69, 9.17) is 28.9 Å². The molecule has 0 spiro atoms. The third-order valence-electron chi connectivity index (χ3n) is 3.93. The van der Waals surface area contributed by atoms with Gasteiger partial charge in [0.1, 0.15) is 11.8 Å². The molecule has 0 aliphatic rings. The number of halogens is 2. The topological polar surface area (TPSA) is 87.4 Å². The summed E-state index contributed by atoms with van der Waals surface area (Å²) in [6.07, 6.45) is 4.86. The lowest BCUT2D eigenvalue weighted by Gasteiger charge is -2.10. The van der Waals surface area contributed by atoms with Gasteiger partial charge in [-0.1, -0.05) is 29.3 Å². The molecule has 0 aliphatic heterocycles. The van der Waals surface area contributed by atoms with Crippen LogP contribution in [0.25, 0.3) is 28.1 Å². The van der Waals surface area contributed by atoms with Crippen molar-refractivity contribution in [1.82, 2.24) is 29.3 Å². The molecule has 1 aromatic carbocycles. The largest absolute Gasteiger partial charge is 0.368 e. The van der Waals surface area contributed by atoms with Crippen molar-refractivity contribution in [3.05, 3.63) is 47.0 Å². The van der Waals surface area contributed by atoms with E-state index >= 15 is 0 Å². The fourth-order valence-corrected chi connectivity index (χ4v) is 3.36. The molecular weight excluding hydrogens is 361 g/mol. The van der Waals surface area contributed by atoms with Crippen LogP contribution in [0.4, 0.5) is 5.95 Å². The first-order valence-corrected chi connectivity index (χ1v) is 8.31. The zero-order valence-electron chi connectivity index (χ0n) is 13.2. The van der Waals surface area contributed by atoms with E-state index in [-0.39, 0.29) is 5.95 Å². The molecule has 3 aromatic heterocycles. The maximum atomic E-state index is 6.40. The van der Waals surface area contributed by atoms with Crippen LogP contribution in [0.1, 0.15) is 6.92 Å². The minimum atomic E-state index is 0.268. The molecule has 0 saturated heterocycles. The maximum Gasteiger partial charge on any atom is 0.235 e. The normalized spacial score (nSPS) is 11.3. The third kappa shape index (κ3) is 2.52.